The van der Waals surface area contributed by atoms with Crippen LogP contribution in [0.5, 0.6) is 0 Å². The van der Waals surface area contributed by atoms with Gasteiger partial charge in [0.05, 0.1) is 5.92 Å². The zero-order chi connectivity index (χ0) is 15.1. The Morgan fingerprint density at radius 3 is 2.37 bits per heavy atom. The lowest BCUT2D eigenvalue weighted by Crippen LogP contribution is -2.44. The Kier molecular flexibility index (Phi) is 6.99. The molecular formula is C14H24N2O3. The molecule has 5 heteroatoms. The maximum Gasteiger partial charge on any atom is 0.315 e. The van der Waals surface area contributed by atoms with E-state index >= 15 is 0 Å². The van der Waals surface area contributed by atoms with Gasteiger partial charge in [-0.05, 0) is 18.8 Å². The lowest BCUT2D eigenvalue weighted by Gasteiger charge is -2.23. The molecule has 108 valence electrons. The summed E-state index contributed by atoms with van der Waals surface area (Å²) in [6.45, 7) is 7.82. The van der Waals surface area contributed by atoms with Crippen molar-refractivity contribution >= 4 is 12.0 Å². The molecule has 0 aromatic carbocycles. The van der Waals surface area contributed by atoms with Crippen molar-refractivity contribution in [3.8, 4) is 12.3 Å². The van der Waals surface area contributed by atoms with Crippen LogP contribution in [0.15, 0.2) is 0 Å². The highest BCUT2D eigenvalue weighted by atomic mass is 16.4. The number of carbonyl (C=O) groups is 2. The molecule has 0 bridgehead atoms. The smallest absolute Gasteiger partial charge is 0.315 e. The van der Waals surface area contributed by atoms with Gasteiger partial charge < -0.3 is 15.7 Å². The highest BCUT2D eigenvalue weighted by molar-refractivity contribution is 5.76. The van der Waals surface area contributed by atoms with E-state index in [1.165, 1.54) is 0 Å². The zero-order valence-electron chi connectivity index (χ0n) is 12.1. The van der Waals surface area contributed by atoms with Crippen LogP contribution in [0.3, 0.4) is 0 Å². The van der Waals surface area contributed by atoms with Crippen LogP contribution in [0.25, 0.3) is 0 Å². The maximum absolute atomic E-state index is 11.5. The molecular weight excluding hydrogens is 244 g/mol. The van der Waals surface area contributed by atoms with Crippen LogP contribution in [-0.4, -0.2) is 29.7 Å². The molecule has 0 aliphatic heterocycles. The third-order valence-electron chi connectivity index (χ3n) is 2.52. The van der Waals surface area contributed by atoms with Crippen molar-refractivity contribution in [2.75, 3.05) is 6.54 Å². The highest BCUT2D eigenvalue weighted by Gasteiger charge is 2.25. The predicted molar refractivity (Wildman–Crippen MR) is 74.6 cm³/mol. The van der Waals surface area contributed by atoms with Gasteiger partial charge in [-0.3, -0.25) is 4.79 Å². The normalized spacial score (nSPS) is 14.1. The molecule has 2 unspecified atom stereocenters. The van der Waals surface area contributed by atoms with Crippen LogP contribution < -0.4 is 10.6 Å². The summed E-state index contributed by atoms with van der Waals surface area (Å²) in [7, 11) is 0. The predicted octanol–water partition coefficient (Wildman–Crippen LogP) is 1.83. The summed E-state index contributed by atoms with van der Waals surface area (Å²) in [5, 5.41) is 14.3. The number of carbonyl (C=O) groups excluding carboxylic acids is 1. The second-order valence-corrected chi connectivity index (χ2v) is 5.96. The Balaban J connectivity index is 4.23. The number of carboxylic acids is 1. The van der Waals surface area contributed by atoms with Crippen LogP contribution in [-0.2, 0) is 4.79 Å². The molecule has 2 amide bonds. The lowest BCUT2D eigenvalue weighted by atomic mass is 9.84. The number of hydrogen-bond donors (Lipinski definition) is 3. The first-order chi connectivity index (χ1) is 8.65. The van der Waals surface area contributed by atoms with Crippen molar-refractivity contribution in [2.45, 2.75) is 46.6 Å². The van der Waals surface area contributed by atoms with Gasteiger partial charge in [-0.2, -0.15) is 0 Å². The first kappa shape index (κ1) is 17.3. The van der Waals surface area contributed by atoms with E-state index in [2.05, 4.69) is 16.6 Å². The van der Waals surface area contributed by atoms with E-state index in [1.54, 1.807) is 6.92 Å². The summed E-state index contributed by atoms with van der Waals surface area (Å²) in [5.41, 5.74) is -0.0992. The summed E-state index contributed by atoms with van der Waals surface area (Å²) < 4.78 is 0. The van der Waals surface area contributed by atoms with Gasteiger partial charge in [0.25, 0.3) is 0 Å². The summed E-state index contributed by atoms with van der Waals surface area (Å²) in [6.07, 6.45) is 6.08. The van der Waals surface area contributed by atoms with Crippen LogP contribution in [0.2, 0.25) is 0 Å². The first-order valence-corrected chi connectivity index (χ1v) is 6.36. The molecule has 5 nitrogen and oxygen atoms in total. The molecule has 0 radical (unpaired) electrons. The van der Waals surface area contributed by atoms with E-state index in [0.29, 0.717) is 12.8 Å². The van der Waals surface area contributed by atoms with Gasteiger partial charge in [0.15, 0.2) is 0 Å². The van der Waals surface area contributed by atoms with Gasteiger partial charge in [0, 0.05) is 19.0 Å². The lowest BCUT2D eigenvalue weighted by molar-refractivity contribution is -0.142. The number of nitrogens with one attached hydrogen (secondary N) is 2. The summed E-state index contributed by atoms with van der Waals surface area (Å²) in [6, 6.07) is -0.515. The zero-order valence-corrected chi connectivity index (χ0v) is 12.1. The second kappa shape index (κ2) is 7.67. The van der Waals surface area contributed by atoms with Crippen molar-refractivity contribution < 1.29 is 14.7 Å². The van der Waals surface area contributed by atoms with Crippen molar-refractivity contribution in [2.24, 2.45) is 11.3 Å². The maximum atomic E-state index is 11.5. The van der Waals surface area contributed by atoms with E-state index < -0.39 is 11.9 Å². The molecule has 0 fully saturated rings. The van der Waals surface area contributed by atoms with E-state index in [9.17, 15) is 9.59 Å². The average Bonchev–Trinajstić information content (AvgIpc) is 2.22. The molecule has 3 N–H and O–H groups in total. The topological polar surface area (TPSA) is 78.4 Å². The summed E-state index contributed by atoms with van der Waals surface area (Å²) in [4.78, 5) is 22.7. The van der Waals surface area contributed by atoms with Crippen LogP contribution in [0, 0.1) is 23.7 Å². The van der Waals surface area contributed by atoms with E-state index in [0.717, 1.165) is 0 Å². The number of amides is 2. The Bertz CT molecular complexity index is 353. The van der Waals surface area contributed by atoms with Crippen molar-refractivity contribution in [1.82, 2.24) is 10.6 Å². The summed E-state index contributed by atoms with van der Waals surface area (Å²) in [5.74, 6) is 0.965. The monoisotopic (exact) mass is 268 g/mol. The van der Waals surface area contributed by atoms with Crippen LogP contribution in [0.1, 0.15) is 40.5 Å². The quantitative estimate of drug-likeness (QED) is 0.643. The number of hydrogen-bond acceptors (Lipinski definition) is 2. The van der Waals surface area contributed by atoms with Crippen LogP contribution >= 0.6 is 0 Å². The minimum absolute atomic E-state index is 0.0992. The minimum atomic E-state index is -0.896. The SMILES string of the molecule is C#CCC(C)NC(=O)NCC(CC(C)(C)C)C(=O)O. The van der Waals surface area contributed by atoms with Gasteiger partial charge >= 0.3 is 12.0 Å². The fraction of sp³-hybridized carbons (Fsp3) is 0.714. The average molecular weight is 268 g/mol. The molecule has 2 atom stereocenters. The molecule has 0 saturated heterocycles. The molecule has 0 aliphatic rings. The second-order valence-electron chi connectivity index (χ2n) is 5.96. The number of carboxylic acid groups (broad SMARTS) is 1. The van der Waals surface area contributed by atoms with Crippen molar-refractivity contribution in [3.05, 3.63) is 0 Å². The third kappa shape index (κ3) is 8.95. The number of aliphatic carboxylic acids is 1. The standard InChI is InChI=1S/C14H24N2O3/c1-6-7-10(2)16-13(19)15-9-11(12(17)18)8-14(3,4)5/h1,10-11H,7-9H2,2-5H3,(H,17,18)(H2,15,16,19). The molecule has 0 saturated carbocycles. The number of rotatable bonds is 6. The molecule has 0 heterocycles. The van der Waals surface area contributed by atoms with E-state index in [4.69, 9.17) is 11.5 Å². The fourth-order valence-electron chi connectivity index (χ4n) is 1.70. The Labute approximate surface area is 115 Å². The van der Waals surface area contributed by atoms with Crippen molar-refractivity contribution in [3.63, 3.8) is 0 Å². The van der Waals surface area contributed by atoms with Gasteiger partial charge in [-0.1, -0.05) is 20.8 Å². The number of urea groups is 1. The number of terminal acetylenes is 1. The fourth-order valence-corrected chi connectivity index (χ4v) is 1.70. The van der Waals surface area contributed by atoms with Gasteiger partial charge in [-0.25, -0.2) is 4.79 Å². The molecule has 0 spiro atoms. The van der Waals surface area contributed by atoms with E-state index in [1.807, 2.05) is 20.8 Å². The van der Waals surface area contributed by atoms with Crippen molar-refractivity contribution in [1.29, 1.82) is 0 Å². The third-order valence-corrected chi connectivity index (χ3v) is 2.52. The largest absolute Gasteiger partial charge is 0.481 e. The first-order valence-electron chi connectivity index (χ1n) is 6.36. The van der Waals surface area contributed by atoms with E-state index in [-0.39, 0.29) is 24.0 Å². The Morgan fingerprint density at radius 2 is 1.95 bits per heavy atom. The van der Waals surface area contributed by atoms with Gasteiger partial charge in [0.2, 0.25) is 0 Å². The Morgan fingerprint density at radius 1 is 1.37 bits per heavy atom. The summed E-state index contributed by atoms with van der Waals surface area (Å²) >= 11 is 0. The van der Waals surface area contributed by atoms with Gasteiger partial charge in [0.1, 0.15) is 0 Å². The highest BCUT2D eigenvalue weighted by Crippen LogP contribution is 2.24. The molecule has 0 rings (SSSR count). The molecule has 0 aliphatic carbocycles. The van der Waals surface area contributed by atoms with Gasteiger partial charge in [-0.15, -0.1) is 12.3 Å². The minimum Gasteiger partial charge on any atom is -0.481 e. The molecule has 0 aromatic rings. The Hall–Kier alpha value is -1.70. The molecule has 19 heavy (non-hydrogen) atoms. The van der Waals surface area contributed by atoms with Crippen LogP contribution in [0.4, 0.5) is 4.79 Å². The molecule has 0 aromatic heterocycles.